The first-order valence-electron chi connectivity index (χ1n) is 10.3. The Balaban J connectivity index is 1.74. The summed E-state index contributed by atoms with van der Waals surface area (Å²) >= 11 is 3.44. The van der Waals surface area contributed by atoms with Crippen LogP contribution in [0.4, 0.5) is 5.69 Å². The van der Waals surface area contributed by atoms with Crippen molar-refractivity contribution in [1.82, 2.24) is 0 Å². The van der Waals surface area contributed by atoms with Crippen molar-refractivity contribution in [2.24, 2.45) is 0 Å². The van der Waals surface area contributed by atoms with Gasteiger partial charge in [-0.15, -0.1) is 0 Å². The van der Waals surface area contributed by atoms with Gasteiger partial charge in [-0.3, -0.25) is 4.79 Å². The number of fused-ring (bicyclic) bond motifs is 4. The first-order chi connectivity index (χ1) is 14.6. The molecule has 0 radical (unpaired) electrons. The summed E-state index contributed by atoms with van der Waals surface area (Å²) in [7, 11) is 0. The van der Waals surface area contributed by atoms with Gasteiger partial charge in [0.25, 0.3) is 0 Å². The van der Waals surface area contributed by atoms with E-state index in [2.05, 4.69) is 45.5 Å². The van der Waals surface area contributed by atoms with Crippen molar-refractivity contribution in [3.8, 4) is 11.5 Å². The van der Waals surface area contributed by atoms with Gasteiger partial charge >= 0.3 is 0 Å². The quantitative estimate of drug-likeness (QED) is 0.472. The third-order valence-electron chi connectivity index (χ3n) is 5.96. The highest BCUT2D eigenvalue weighted by Gasteiger charge is 2.35. The van der Waals surface area contributed by atoms with E-state index < -0.39 is 0 Å². The fraction of sp³-hybridized carbons (Fsp3) is 0.240. The highest BCUT2D eigenvalue weighted by molar-refractivity contribution is 9.10. The standard InChI is InChI=1S/C25H22BrNO3/c1-2-30-21-13-15(12-18(26)25(21)29)24-23-17(8-5-9-20(23)28)22-16-7-4-3-6-14(16)10-11-19(22)27-24/h3-4,6-7,10-13,24,27,29H,2,5,8-9H2,1H3/t24-/m1/s1. The molecule has 0 aromatic heterocycles. The summed E-state index contributed by atoms with van der Waals surface area (Å²) < 4.78 is 6.19. The largest absolute Gasteiger partial charge is 0.503 e. The molecule has 0 unspecified atom stereocenters. The summed E-state index contributed by atoms with van der Waals surface area (Å²) in [6, 6.07) is 16.0. The average Bonchev–Trinajstić information content (AvgIpc) is 2.76. The fourth-order valence-corrected chi connectivity index (χ4v) is 5.14. The molecule has 0 bridgehead atoms. The number of carbonyl (C=O) groups is 1. The molecule has 1 aliphatic heterocycles. The highest BCUT2D eigenvalue weighted by Crippen LogP contribution is 2.49. The number of nitrogens with one attached hydrogen (secondary N) is 1. The van der Waals surface area contributed by atoms with E-state index >= 15 is 0 Å². The van der Waals surface area contributed by atoms with E-state index in [0.717, 1.165) is 40.8 Å². The summed E-state index contributed by atoms with van der Waals surface area (Å²) in [5.41, 5.74) is 5.06. The van der Waals surface area contributed by atoms with Crippen molar-refractivity contribution in [3.63, 3.8) is 0 Å². The molecule has 1 aliphatic carbocycles. The van der Waals surface area contributed by atoms with Gasteiger partial charge in [-0.1, -0.05) is 30.3 Å². The predicted molar refractivity (Wildman–Crippen MR) is 123 cm³/mol. The van der Waals surface area contributed by atoms with E-state index in [4.69, 9.17) is 4.74 Å². The number of halogens is 1. The van der Waals surface area contributed by atoms with Gasteiger partial charge < -0.3 is 15.2 Å². The normalized spacial score (nSPS) is 18.1. The van der Waals surface area contributed by atoms with Crippen LogP contribution in [-0.2, 0) is 4.79 Å². The van der Waals surface area contributed by atoms with Crippen LogP contribution >= 0.6 is 15.9 Å². The maximum atomic E-state index is 13.1. The number of anilines is 1. The summed E-state index contributed by atoms with van der Waals surface area (Å²) in [6.45, 7) is 2.33. The molecule has 1 atom stereocenters. The Morgan fingerprint density at radius 1 is 1.17 bits per heavy atom. The number of ether oxygens (including phenoxy) is 1. The van der Waals surface area contributed by atoms with Crippen molar-refractivity contribution in [2.75, 3.05) is 11.9 Å². The minimum absolute atomic E-state index is 0.0759. The third kappa shape index (κ3) is 3.00. The molecule has 5 rings (SSSR count). The van der Waals surface area contributed by atoms with Crippen molar-refractivity contribution in [3.05, 3.63) is 69.7 Å². The van der Waals surface area contributed by atoms with Crippen LogP contribution in [0.1, 0.15) is 43.4 Å². The van der Waals surface area contributed by atoms with E-state index in [1.165, 1.54) is 10.8 Å². The van der Waals surface area contributed by atoms with Gasteiger partial charge in [-0.05, 0) is 75.8 Å². The molecular weight excluding hydrogens is 442 g/mol. The Kier molecular flexibility index (Phi) is 4.78. The Morgan fingerprint density at radius 2 is 2.00 bits per heavy atom. The number of rotatable bonds is 3. The number of hydrogen-bond donors (Lipinski definition) is 2. The van der Waals surface area contributed by atoms with Crippen LogP contribution in [0.25, 0.3) is 16.3 Å². The van der Waals surface area contributed by atoms with Crippen molar-refractivity contribution < 1.29 is 14.6 Å². The number of hydrogen-bond acceptors (Lipinski definition) is 4. The number of ketones is 1. The summed E-state index contributed by atoms with van der Waals surface area (Å²) in [5, 5.41) is 16.3. The molecule has 3 aromatic carbocycles. The average molecular weight is 464 g/mol. The maximum absolute atomic E-state index is 13.1. The molecule has 3 aromatic rings. The van der Waals surface area contributed by atoms with Gasteiger partial charge in [-0.25, -0.2) is 0 Å². The van der Waals surface area contributed by atoms with E-state index in [1.807, 2.05) is 31.2 Å². The van der Waals surface area contributed by atoms with Gasteiger partial charge in [0, 0.05) is 23.2 Å². The Bertz CT molecular complexity index is 1210. The molecule has 5 heteroatoms. The number of allylic oxidation sites excluding steroid dienone is 1. The maximum Gasteiger partial charge on any atom is 0.172 e. The monoisotopic (exact) mass is 463 g/mol. The molecule has 2 aliphatic rings. The zero-order valence-corrected chi connectivity index (χ0v) is 18.3. The topological polar surface area (TPSA) is 58.6 Å². The van der Waals surface area contributed by atoms with Gasteiger partial charge in [0.2, 0.25) is 0 Å². The molecule has 0 saturated heterocycles. The lowest BCUT2D eigenvalue weighted by atomic mass is 9.77. The molecule has 0 saturated carbocycles. The Hall–Kier alpha value is -2.79. The second kappa shape index (κ2) is 7.47. The minimum Gasteiger partial charge on any atom is -0.503 e. The highest BCUT2D eigenvalue weighted by atomic mass is 79.9. The first-order valence-corrected chi connectivity index (χ1v) is 11.1. The van der Waals surface area contributed by atoms with Crippen LogP contribution in [0.3, 0.4) is 0 Å². The summed E-state index contributed by atoms with van der Waals surface area (Å²) in [6.07, 6.45) is 2.32. The van der Waals surface area contributed by atoms with Crippen LogP contribution in [-0.4, -0.2) is 17.5 Å². The van der Waals surface area contributed by atoms with E-state index in [-0.39, 0.29) is 17.6 Å². The van der Waals surface area contributed by atoms with Gasteiger partial charge in [0.05, 0.1) is 17.1 Å². The van der Waals surface area contributed by atoms with E-state index in [1.54, 1.807) is 0 Å². The first kappa shape index (κ1) is 19.2. The van der Waals surface area contributed by atoms with E-state index in [9.17, 15) is 9.90 Å². The third-order valence-corrected chi connectivity index (χ3v) is 6.56. The van der Waals surface area contributed by atoms with Crippen molar-refractivity contribution >= 4 is 43.7 Å². The number of Topliss-reactive ketones (excluding diaryl/α,β-unsaturated/α-hetero) is 1. The molecule has 4 nitrogen and oxygen atoms in total. The molecule has 0 amide bonds. The number of aromatic hydroxyl groups is 1. The predicted octanol–water partition coefficient (Wildman–Crippen LogP) is 6.38. The molecule has 2 N–H and O–H groups in total. The molecule has 30 heavy (non-hydrogen) atoms. The summed E-state index contributed by atoms with van der Waals surface area (Å²) in [5.74, 6) is 0.680. The molecule has 0 spiro atoms. The van der Waals surface area contributed by atoms with Crippen molar-refractivity contribution in [2.45, 2.75) is 32.2 Å². The molecule has 0 fully saturated rings. The number of phenols is 1. The van der Waals surface area contributed by atoms with Gasteiger partial charge in [0.15, 0.2) is 17.3 Å². The van der Waals surface area contributed by atoms with Gasteiger partial charge in [0.1, 0.15) is 0 Å². The SMILES string of the molecule is CCOc1cc([C@H]2Nc3ccc4ccccc4c3C3=C2C(=O)CCC3)cc(Br)c1O. The lowest BCUT2D eigenvalue weighted by Gasteiger charge is -2.35. The number of phenolic OH excluding ortho intramolecular Hbond substituents is 1. The van der Waals surface area contributed by atoms with Crippen LogP contribution < -0.4 is 10.1 Å². The molecule has 1 heterocycles. The van der Waals surface area contributed by atoms with Crippen molar-refractivity contribution in [1.29, 1.82) is 0 Å². The lowest BCUT2D eigenvalue weighted by molar-refractivity contribution is -0.116. The minimum atomic E-state index is -0.280. The van der Waals surface area contributed by atoms with Crippen LogP contribution in [0.5, 0.6) is 11.5 Å². The number of benzene rings is 3. The van der Waals surface area contributed by atoms with Crippen LogP contribution in [0.15, 0.2) is 58.6 Å². The van der Waals surface area contributed by atoms with Crippen LogP contribution in [0, 0.1) is 0 Å². The van der Waals surface area contributed by atoms with Gasteiger partial charge in [-0.2, -0.15) is 0 Å². The van der Waals surface area contributed by atoms with E-state index in [0.29, 0.717) is 23.2 Å². The molecular formula is C25H22BrNO3. The Morgan fingerprint density at radius 3 is 2.83 bits per heavy atom. The Labute approximate surface area is 183 Å². The second-order valence-electron chi connectivity index (χ2n) is 7.74. The molecule has 152 valence electrons. The summed E-state index contributed by atoms with van der Waals surface area (Å²) in [4.78, 5) is 13.1. The number of carbonyl (C=O) groups excluding carboxylic acids is 1. The zero-order chi connectivity index (χ0) is 20.8. The second-order valence-corrected chi connectivity index (χ2v) is 8.59. The lowest BCUT2D eigenvalue weighted by Crippen LogP contribution is -2.27. The smallest absolute Gasteiger partial charge is 0.172 e. The zero-order valence-electron chi connectivity index (χ0n) is 16.7. The van der Waals surface area contributed by atoms with Crippen LogP contribution in [0.2, 0.25) is 0 Å². The fourth-order valence-electron chi connectivity index (χ4n) is 4.68.